The van der Waals surface area contributed by atoms with Gasteiger partial charge in [0.1, 0.15) is 0 Å². The summed E-state index contributed by atoms with van der Waals surface area (Å²) in [5.74, 6) is -0.0994. The van der Waals surface area contributed by atoms with E-state index in [-0.39, 0.29) is 11.3 Å². The number of carbonyl (C=O) groups is 1. The summed E-state index contributed by atoms with van der Waals surface area (Å²) in [6.45, 7) is 0.531. The fourth-order valence-corrected chi connectivity index (χ4v) is 3.58. The largest absolute Gasteiger partial charge is 0.288 e. The van der Waals surface area contributed by atoms with Crippen molar-refractivity contribution in [1.29, 1.82) is 0 Å². The molecule has 0 saturated carbocycles. The lowest BCUT2D eigenvalue weighted by molar-refractivity contribution is 0.104. The van der Waals surface area contributed by atoms with E-state index < -0.39 is 0 Å². The molecule has 20 heavy (non-hydrogen) atoms. The molecule has 3 aromatic rings. The van der Waals surface area contributed by atoms with Gasteiger partial charge in [0, 0.05) is 16.5 Å². The van der Waals surface area contributed by atoms with Gasteiger partial charge in [-0.15, -0.1) is 11.3 Å². The predicted octanol–water partition coefficient (Wildman–Crippen LogP) is 3.25. The number of hydrogen-bond donors (Lipinski definition) is 0. The summed E-state index contributed by atoms with van der Waals surface area (Å²) in [7, 11) is 0. The summed E-state index contributed by atoms with van der Waals surface area (Å²) in [4.78, 5) is 25.8. The minimum absolute atomic E-state index is 0.0994. The Morgan fingerprint density at radius 3 is 2.60 bits per heavy atom. The summed E-state index contributed by atoms with van der Waals surface area (Å²) in [5, 5.41) is 1.98. The number of hydrogen-bond acceptors (Lipinski definition) is 4. The highest BCUT2D eigenvalue weighted by molar-refractivity contribution is 7.10. The molecule has 5 heteroatoms. The van der Waals surface area contributed by atoms with E-state index in [1.165, 1.54) is 17.6 Å². The van der Waals surface area contributed by atoms with Gasteiger partial charge in [0.25, 0.3) is 5.56 Å². The van der Waals surface area contributed by atoms with Gasteiger partial charge in [0.05, 0.1) is 11.4 Å². The topological polar surface area (TPSA) is 39.1 Å². The highest BCUT2D eigenvalue weighted by Crippen LogP contribution is 2.16. The third kappa shape index (κ3) is 2.64. The Labute approximate surface area is 123 Å². The van der Waals surface area contributed by atoms with Crippen molar-refractivity contribution in [1.82, 2.24) is 3.96 Å². The second-order valence-corrected chi connectivity index (χ2v) is 6.34. The predicted molar refractivity (Wildman–Crippen MR) is 81.9 cm³/mol. The Kier molecular flexibility index (Phi) is 3.62. The molecule has 1 aromatic carbocycles. The summed E-state index contributed by atoms with van der Waals surface area (Å²) in [5.41, 5.74) is 0.486. The minimum Gasteiger partial charge on any atom is -0.288 e. The van der Waals surface area contributed by atoms with E-state index in [0.29, 0.717) is 17.0 Å². The van der Waals surface area contributed by atoms with Crippen molar-refractivity contribution in [2.45, 2.75) is 6.54 Å². The number of benzene rings is 1. The lowest BCUT2D eigenvalue weighted by atomic mass is 10.1. The molecule has 3 nitrogen and oxygen atoms in total. The molecule has 0 spiro atoms. The minimum atomic E-state index is -0.123. The molecule has 0 bridgehead atoms. The van der Waals surface area contributed by atoms with Crippen LogP contribution in [0.2, 0.25) is 0 Å². The van der Waals surface area contributed by atoms with Crippen LogP contribution >= 0.6 is 22.9 Å². The molecule has 0 aliphatic heterocycles. The van der Waals surface area contributed by atoms with Crippen LogP contribution in [0.3, 0.4) is 0 Å². The number of aromatic nitrogens is 1. The summed E-state index contributed by atoms with van der Waals surface area (Å²) in [6, 6.07) is 14.4. The molecule has 0 atom stereocenters. The average molecular weight is 301 g/mol. The van der Waals surface area contributed by atoms with Gasteiger partial charge in [-0.05, 0) is 11.4 Å². The Morgan fingerprint density at radius 2 is 1.90 bits per heavy atom. The van der Waals surface area contributed by atoms with Gasteiger partial charge in [0.15, 0.2) is 0 Å². The van der Waals surface area contributed by atoms with E-state index in [4.69, 9.17) is 0 Å². The Morgan fingerprint density at radius 1 is 1.10 bits per heavy atom. The molecule has 0 saturated heterocycles. The summed E-state index contributed by atoms with van der Waals surface area (Å²) >= 11 is 2.82. The van der Waals surface area contributed by atoms with Crippen molar-refractivity contribution in [3.8, 4) is 0 Å². The van der Waals surface area contributed by atoms with E-state index in [1.54, 1.807) is 27.4 Å². The van der Waals surface area contributed by atoms with Crippen LogP contribution in [-0.2, 0) is 6.54 Å². The molecule has 0 unspecified atom stereocenters. The van der Waals surface area contributed by atoms with Crippen LogP contribution in [0.15, 0.2) is 58.7 Å². The Bertz CT molecular complexity index is 770. The third-order valence-electron chi connectivity index (χ3n) is 2.85. The zero-order chi connectivity index (χ0) is 13.9. The highest BCUT2D eigenvalue weighted by Gasteiger charge is 2.14. The third-order valence-corrected chi connectivity index (χ3v) is 4.74. The first-order valence-electron chi connectivity index (χ1n) is 6.07. The number of thiophene rings is 1. The van der Waals surface area contributed by atoms with Gasteiger partial charge in [-0.2, -0.15) is 0 Å². The first kappa shape index (κ1) is 13.0. The SMILES string of the molecule is O=C(c1ccccc1)c1cc(=O)n(Cc2cccs2)s1. The van der Waals surface area contributed by atoms with Crippen LogP contribution in [0.4, 0.5) is 0 Å². The maximum absolute atomic E-state index is 12.3. The number of nitrogens with zero attached hydrogens (tertiary/aromatic N) is 1. The first-order valence-corrected chi connectivity index (χ1v) is 7.72. The second-order valence-electron chi connectivity index (χ2n) is 4.25. The van der Waals surface area contributed by atoms with Crippen LogP contribution in [0.5, 0.6) is 0 Å². The smallest absolute Gasteiger partial charge is 0.261 e. The number of carbonyl (C=O) groups excluding carboxylic acids is 1. The molecule has 0 aliphatic carbocycles. The monoisotopic (exact) mass is 301 g/mol. The number of rotatable bonds is 4. The molecular weight excluding hydrogens is 290 g/mol. The van der Waals surface area contributed by atoms with Crippen molar-refractivity contribution < 1.29 is 4.79 Å². The van der Waals surface area contributed by atoms with Gasteiger partial charge >= 0.3 is 0 Å². The zero-order valence-corrected chi connectivity index (χ0v) is 12.1. The van der Waals surface area contributed by atoms with Crippen molar-refractivity contribution in [3.63, 3.8) is 0 Å². The normalized spacial score (nSPS) is 10.6. The zero-order valence-electron chi connectivity index (χ0n) is 10.5. The quantitative estimate of drug-likeness (QED) is 0.694. The van der Waals surface area contributed by atoms with E-state index in [1.807, 2.05) is 35.7 Å². The van der Waals surface area contributed by atoms with Crippen molar-refractivity contribution in [2.75, 3.05) is 0 Å². The molecule has 0 radical (unpaired) electrons. The molecule has 3 rings (SSSR count). The van der Waals surface area contributed by atoms with Crippen LogP contribution in [0, 0.1) is 0 Å². The maximum atomic E-state index is 12.3. The van der Waals surface area contributed by atoms with Gasteiger partial charge in [-0.3, -0.25) is 13.5 Å². The van der Waals surface area contributed by atoms with Crippen LogP contribution in [-0.4, -0.2) is 9.74 Å². The van der Waals surface area contributed by atoms with Gasteiger partial charge in [0.2, 0.25) is 5.78 Å². The fraction of sp³-hybridized carbons (Fsp3) is 0.0667. The van der Waals surface area contributed by atoms with E-state index in [9.17, 15) is 9.59 Å². The summed E-state index contributed by atoms with van der Waals surface area (Å²) < 4.78 is 1.61. The Balaban J connectivity index is 1.89. The molecule has 2 heterocycles. The highest BCUT2D eigenvalue weighted by atomic mass is 32.1. The molecule has 0 fully saturated rings. The van der Waals surface area contributed by atoms with E-state index in [0.717, 1.165) is 4.88 Å². The van der Waals surface area contributed by atoms with E-state index >= 15 is 0 Å². The average Bonchev–Trinajstić information content (AvgIpc) is 3.10. The molecular formula is C15H11NO2S2. The van der Waals surface area contributed by atoms with Crippen LogP contribution in [0.25, 0.3) is 0 Å². The molecule has 0 aliphatic rings. The summed E-state index contributed by atoms with van der Waals surface area (Å²) in [6.07, 6.45) is 0. The standard InChI is InChI=1S/C15H11NO2S2/c17-14-9-13(15(18)11-5-2-1-3-6-11)20-16(14)10-12-7-4-8-19-12/h1-9H,10H2. The first-order chi connectivity index (χ1) is 9.74. The van der Waals surface area contributed by atoms with Crippen molar-refractivity contribution >= 4 is 28.7 Å². The fourth-order valence-electron chi connectivity index (χ4n) is 1.87. The van der Waals surface area contributed by atoms with Crippen molar-refractivity contribution in [3.05, 3.63) is 79.6 Å². The molecule has 2 aromatic heterocycles. The maximum Gasteiger partial charge on any atom is 0.261 e. The van der Waals surface area contributed by atoms with Crippen LogP contribution < -0.4 is 5.56 Å². The lowest BCUT2D eigenvalue weighted by Crippen LogP contribution is -2.11. The van der Waals surface area contributed by atoms with Gasteiger partial charge in [-0.1, -0.05) is 47.9 Å². The molecule has 0 N–H and O–H groups in total. The van der Waals surface area contributed by atoms with Crippen LogP contribution in [0.1, 0.15) is 20.1 Å². The van der Waals surface area contributed by atoms with Gasteiger partial charge in [-0.25, -0.2) is 0 Å². The molecule has 100 valence electrons. The van der Waals surface area contributed by atoms with Crippen molar-refractivity contribution in [2.24, 2.45) is 0 Å². The van der Waals surface area contributed by atoms with Gasteiger partial charge < -0.3 is 0 Å². The lowest BCUT2D eigenvalue weighted by Gasteiger charge is -1.98. The van der Waals surface area contributed by atoms with E-state index in [2.05, 4.69) is 0 Å². The second kappa shape index (κ2) is 5.56. The molecule has 0 amide bonds. The number of ketones is 1. The Hall–Kier alpha value is -1.98.